The van der Waals surface area contributed by atoms with Gasteiger partial charge in [-0.1, -0.05) is 63.4 Å². The molecule has 5 N–H and O–H groups in total. The first-order chi connectivity index (χ1) is 17.9. The Balaban J connectivity index is 1.93. The number of carbonyl (C=O) groups is 3. The molecule has 0 spiro atoms. The van der Waals surface area contributed by atoms with Crippen molar-refractivity contribution in [3.8, 4) is 5.75 Å². The molecule has 202 valence electrons. The Bertz CT molecular complexity index is 1230. The summed E-state index contributed by atoms with van der Waals surface area (Å²) in [7, 11) is 0. The molecule has 1 aliphatic rings. The summed E-state index contributed by atoms with van der Waals surface area (Å²) >= 11 is 0. The number of phenols is 1. The number of likely N-dealkylation sites (tertiary alicyclic amines) is 1. The molecule has 0 aliphatic carbocycles. The third-order valence-electron chi connectivity index (χ3n) is 7.06. The quantitative estimate of drug-likeness (QED) is 0.225. The molecular weight excluding hydrogens is 486 g/mol. The molecule has 1 heterocycles. The first-order valence-electron chi connectivity index (χ1n) is 12.3. The number of aromatic hydroxyl groups is 1. The van der Waals surface area contributed by atoms with Crippen molar-refractivity contribution in [1.29, 1.82) is 0 Å². The molecule has 1 saturated heterocycles. The Morgan fingerprint density at radius 1 is 1.21 bits per heavy atom. The van der Waals surface area contributed by atoms with Crippen LogP contribution in [0.2, 0.25) is 0 Å². The Kier molecular flexibility index (Phi) is 8.75. The van der Waals surface area contributed by atoms with Crippen LogP contribution in [0.5, 0.6) is 5.75 Å². The fourth-order valence-electron chi connectivity index (χ4n) is 4.52. The van der Waals surface area contributed by atoms with Gasteiger partial charge in [-0.05, 0) is 42.7 Å². The lowest BCUT2D eigenvalue weighted by molar-refractivity contribution is -0.161. The standard InChI is InChI=1S/C29H35N3O6/c1-6-23(30)38-28(37)25-29(4,5)17(2)16-32(25)27(36)24(34)21(15-19-11-8-7-9-12-19)31-26(35)20-13-10-14-22(33)18(20)3/h6-14,21,23-25,33-34H,1-2,15-16,30H2,3-5H3,(H,31,35)/t21-,23?,24-,25?/m0/s1. The summed E-state index contributed by atoms with van der Waals surface area (Å²) in [6, 6.07) is 11.5. The number of hydrogen-bond acceptors (Lipinski definition) is 7. The fraction of sp³-hybridized carbons (Fsp3) is 0.345. The van der Waals surface area contributed by atoms with Gasteiger partial charge in [0.15, 0.2) is 12.3 Å². The van der Waals surface area contributed by atoms with Gasteiger partial charge >= 0.3 is 5.97 Å². The van der Waals surface area contributed by atoms with Crippen molar-refractivity contribution in [1.82, 2.24) is 10.2 Å². The zero-order chi connectivity index (χ0) is 28.2. The van der Waals surface area contributed by atoms with Crippen LogP contribution in [-0.2, 0) is 20.7 Å². The van der Waals surface area contributed by atoms with Crippen LogP contribution in [0, 0.1) is 12.3 Å². The molecule has 0 aromatic heterocycles. The van der Waals surface area contributed by atoms with Gasteiger partial charge in [-0.2, -0.15) is 0 Å². The Morgan fingerprint density at radius 2 is 1.87 bits per heavy atom. The summed E-state index contributed by atoms with van der Waals surface area (Å²) in [5.41, 5.74) is 6.80. The number of aliphatic hydroxyl groups is 1. The summed E-state index contributed by atoms with van der Waals surface area (Å²) in [5.74, 6) is -2.13. The molecule has 2 aromatic rings. The summed E-state index contributed by atoms with van der Waals surface area (Å²) in [4.78, 5) is 41.1. The highest BCUT2D eigenvalue weighted by Gasteiger charge is 2.52. The average molecular weight is 522 g/mol. The molecule has 1 aliphatic heterocycles. The minimum absolute atomic E-state index is 0.0175. The van der Waals surface area contributed by atoms with E-state index < -0.39 is 47.6 Å². The van der Waals surface area contributed by atoms with E-state index in [1.54, 1.807) is 26.8 Å². The maximum atomic E-state index is 13.7. The summed E-state index contributed by atoms with van der Waals surface area (Å²) in [5, 5.41) is 24.1. The van der Waals surface area contributed by atoms with Crippen molar-refractivity contribution in [2.75, 3.05) is 6.54 Å². The lowest BCUT2D eigenvalue weighted by Crippen LogP contribution is -2.56. The molecular formula is C29H35N3O6. The van der Waals surface area contributed by atoms with Crippen LogP contribution in [-0.4, -0.2) is 63.9 Å². The van der Waals surface area contributed by atoms with Gasteiger partial charge in [-0.15, -0.1) is 0 Å². The molecule has 2 aromatic carbocycles. The number of amides is 2. The molecule has 0 saturated carbocycles. The van der Waals surface area contributed by atoms with Gasteiger partial charge < -0.3 is 25.2 Å². The van der Waals surface area contributed by atoms with Crippen LogP contribution in [0.15, 0.2) is 73.3 Å². The predicted octanol–water partition coefficient (Wildman–Crippen LogP) is 2.21. The lowest BCUT2D eigenvalue weighted by Gasteiger charge is -2.33. The summed E-state index contributed by atoms with van der Waals surface area (Å²) in [6.45, 7) is 12.7. The Hall–Kier alpha value is -3.95. The number of hydrogen-bond donors (Lipinski definition) is 4. The molecule has 2 amide bonds. The molecule has 38 heavy (non-hydrogen) atoms. The van der Waals surface area contributed by atoms with Crippen LogP contribution in [0.3, 0.4) is 0 Å². The van der Waals surface area contributed by atoms with E-state index in [4.69, 9.17) is 10.5 Å². The minimum atomic E-state index is -1.71. The highest BCUT2D eigenvalue weighted by atomic mass is 16.6. The number of nitrogens with zero attached hydrogens (tertiary/aromatic N) is 1. The lowest BCUT2D eigenvalue weighted by atomic mass is 9.81. The normalized spacial score (nSPS) is 18.8. The minimum Gasteiger partial charge on any atom is -0.508 e. The molecule has 9 heteroatoms. The number of rotatable bonds is 9. The van der Waals surface area contributed by atoms with Crippen LogP contribution in [0.1, 0.15) is 35.3 Å². The van der Waals surface area contributed by atoms with E-state index >= 15 is 0 Å². The second kappa shape index (κ2) is 11.6. The second-order valence-corrected chi connectivity index (χ2v) is 10.00. The molecule has 4 atom stereocenters. The number of nitrogens with two attached hydrogens (primary N) is 1. The van der Waals surface area contributed by atoms with E-state index in [1.807, 2.05) is 30.3 Å². The van der Waals surface area contributed by atoms with Gasteiger partial charge in [0, 0.05) is 23.1 Å². The molecule has 0 radical (unpaired) electrons. The zero-order valence-electron chi connectivity index (χ0n) is 21.9. The third kappa shape index (κ3) is 5.95. The SMILES string of the molecule is C=CC(N)OC(=O)C1N(C(=O)[C@@H](O)[C@H](Cc2ccccc2)NC(=O)c2cccc(O)c2C)CC(=C)C1(C)C. The number of aliphatic hydroxyl groups excluding tert-OH is 1. The predicted molar refractivity (Wildman–Crippen MR) is 143 cm³/mol. The van der Waals surface area contributed by atoms with Gasteiger partial charge in [-0.25, -0.2) is 4.79 Å². The zero-order valence-corrected chi connectivity index (χ0v) is 21.9. The van der Waals surface area contributed by atoms with Gasteiger partial charge in [0.25, 0.3) is 11.8 Å². The summed E-state index contributed by atoms with van der Waals surface area (Å²) < 4.78 is 5.24. The van der Waals surface area contributed by atoms with Crippen LogP contribution < -0.4 is 11.1 Å². The molecule has 2 unspecified atom stereocenters. The number of nitrogens with one attached hydrogen (secondary N) is 1. The maximum absolute atomic E-state index is 13.7. The van der Waals surface area contributed by atoms with Crippen molar-refractivity contribution in [3.63, 3.8) is 0 Å². The topological polar surface area (TPSA) is 142 Å². The number of ether oxygens (including phenoxy) is 1. The second-order valence-electron chi connectivity index (χ2n) is 10.00. The van der Waals surface area contributed by atoms with Crippen LogP contribution in [0.4, 0.5) is 0 Å². The molecule has 9 nitrogen and oxygen atoms in total. The fourth-order valence-corrected chi connectivity index (χ4v) is 4.52. The van der Waals surface area contributed by atoms with Crippen molar-refractivity contribution in [3.05, 3.63) is 90.0 Å². The van der Waals surface area contributed by atoms with E-state index in [0.29, 0.717) is 11.1 Å². The first-order valence-corrected chi connectivity index (χ1v) is 12.3. The van der Waals surface area contributed by atoms with Gasteiger partial charge in [0.1, 0.15) is 11.8 Å². The van der Waals surface area contributed by atoms with Gasteiger partial charge in [0.2, 0.25) is 0 Å². The van der Waals surface area contributed by atoms with Crippen molar-refractivity contribution >= 4 is 17.8 Å². The van der Waals surface area contributed by atoms with Gasteiger partial charge in [0.05, 0.1) is 6.04 Å². The van der Waals surface area contributed by atoms with Crippen molar-refractivity contribution in [2.24, 2.45) is 11.1 Å². The highest BCUT2D eigenvalue weighted by Crippen LogP contribution is 2.41. The van der Waals surface area contributed by atoms with E-state index in [1.165, 1.54) is 23.1 Å². The number of benzene rings is 2. The van der Waals surface area contributed by atoms with E-state index in [-0.39, 0.29) is 24.3 Å². The van der Waals surface area contributed by atoms with Crippen molar-refractivity contribution < 1.29 is 29.3 Å². The third-order valence-corrected chi connectivity index (χ3v) is 7.06. The monoisotopic (exact) mass is 521 g/mol. The van der Waals surface area contributed by atoms with Crippen LogP contribution in [0.25, 0.3) is 0 Å². The summed E-state index contributed by atoms with van der Waals surface area (Å²) in [6.07, 6.45) is -1.39. The largest absolute Gasteiger partial charge is 0.508 e. The smallest absolute Gasteiger partial charge is 0.331 e. The number of esters is 1. The molecule has 1 fully saturated rings. The highest BCUT2D eigenvalue weighted by molar-refractivity contribution is 5.97. The first kappa shape index (κ1) is 28.6. The van der Waals surface area contributed by atoms with Crippen molar-refractivity contribution in [2.45, 2.75) is 51.6 Å². The maximum Gasteiger partial charge on any atom is 0.331 e. The molecule has 3 rings (SSSR count). The van der Waals surface area contributed by atoms with E-state index in [9.17, 15) is 24.6 Å². The average Bonchev–Trinajstić information content (AvgIpc) is 3.13. The number of phenolic OH excluding ortho intramolecular Hbond substituents is 1. The Morgan fingerprint density at radius 3 is 2.50 bits per heavy atom. The van der Waals surface area contributed by atoms with Gasteiger partial charge in [-0.3, -0.25) is 15.3 Å². The number of carbonyl (C=O) groups excluding carboxylic acids is 3. The van der Waals surface area contributed by atoms with E-state index in [2.05, 4.69) is 18.5 Å². The molecule has 0 bridgehead atoms. The Labute approximate surface area is 222 Å². The van der Waals surface area contributed by atoms with Crippen LogP contribution >= 0.6 is 0 Å². The van der Waals surface area contributed by atoms with E-state index in [0.717, 1.165) is 5.56 Å².